The second kappa shape index (κ2) is 8.22. The molecule has 1 aromatic heterocycles. The smallest absolute Gasteiger partial charge is 0.224 e. The van der Waals surface area contributed by atoms with E-state index >= 15 is 0 Å². The molecule has 0 radical (unpaired) electrons. The van der Waals surface area contributed by atoms with E-state index in [1.165, 1.54) is 5.56 Å². The molecule has 0 unspecified atom stereocenters. The number of aromatic nitrogens is 1. The minimum absolute atomic E-state index is 0.0225. The van der Waals surface area contributed by atoms with Gasteiger partial charge in [0, 0.05) is 22.9 Å². The fourth-order valence-corrected chi connectivity index (χ4v) is 4.01. The first-order valence-corrected chi connectivity index (χ1v) is 10.3. The number of hydrogen-bond acceptors (Lipinski definition) is 4. The number of pyridine rings is 1. The third-order valence-corrected chi connectivity index (χ3v) is 5.38. The van der Waals surface area contributed by atoms with Crippen molar-refractivity contribution in [1.29, 1.82) is 0 Å². The lowest BCUT2D eigenvalue weighted by atomic mass is 10.1. The molecule has 1 heterocycles. The third-order valence-electron chi connectivity index (χ3n) is 3.66. The molecule has 1 amide bonds. The number of carbonyl (C=O) groups is 1. The first-order valence-electron chi connectivity index (χ1n) is 7.70. The molecule has 3 aromatic rings. The molecule has 0 spiro atoms. The summed E-state index contributed by atoms with van der Waals surface area (Å²) >= 11 is 0. The van der Waals surface area contributed by atoms with Crippen LogP contribution in [-0.4, -0.2) is 17.1 Å². The van der Waals surface area contributed by atoms with E-state index in [0.717, 1.165) is 27.9 Å². The molecule has 0 saturated carbocycles. The van der Waals surface area contributed by atoms with Crippen LogP contribution in [0.2, 0.25) is 0 Å². The van der Waals surface area contributed by atoms with Gasteiger partial charge in [-0.3, -0.25) is 9.78 Å². The fourth-order valence-electron chi connectivity index (χ4n) is 2.53. The monoisotopic (exact) mass is 354 g/mol. The highest BCUT2D eigenvalue weighted by Gasteiger charge is 2.10. The Bertz CT molecular complexity index is 837. The van der Waals surface area contributed by atoms with Gasteiger partial charge in [0.2, 0.25) is 5.91 Å². The minimum atomic E-state index is 0.0225. The largest absolute Gasteiger partial charge is 0.325 e. The summed E-state index contributed by atoms with van der Waals surface area (Å²) in [7, 11) is 3.37. The van der Waals surface area contributed by atoms with Crippen molar-refractivity contribution < 1.29 is 4.79 Å². The highest BCUT2D eigenvalue weighted by atomic mass is 33.1. The summed E-state index contributed by atoms with van der Waals surface area (Å²) in [5, 5.41) is 4.01. The van der Waals surface area contributed by atoms with Crippen molar-refractivity contribution in [2.24, 2.45) is 0 Å². The number of hydrogen-bond donors (Lipinski definition) is 1. The van der Waals surface area contributed by atoms with Crippen LogP contribution >= 0.6 is 21.6 Å². The maximum Gasteiger partial charge on any atom is 0.224 e. The van der Waals surface area contributed by atoms with Gasteiger partial charge in [-0.2, -0.15) is 0 Å². The van der Waals surface area contributed by atoms with Gasteiger partial charge in [-0.05, 0) is 42.5 Å². The van der Waals surface area contributed by atoms with E-state index in [0.29, 0.717) is 6.42 Å². The van der Waals surface area contributed by atoms with Gasteiger partial charge < -0.3 is 5.32 Å². The Morgan fingerprint density at radius 3 is 2.71 bits per heavy atom. The topological polar surface area (TPSA) is 42.0 Å². The van der Waals surface area contributed by atoms with Gasteiger partial charge in [-0.15, -0.1) is 0 Å². The van der Waals surface area contributed by atoms with Crippen LogP contribution in [0.5, 0.6) is 0 Å². The van der Waals surface area contributed by atoms with Crippen molar-refractivity contribution in [3.05, 3.63) is 66.4 Å². The van der Waals surface area contributed by atoms with Gasteiger partial charge in [0.25, 0.3) is 0 Å². The van der Waals surface area contributed by atoms with E-state index in [4.69, 9.17) is 0 Å². The first-order chi connectivity index (χ1) is 11.8. The highest BCUT2D eigenvalue weighted by Crippen LogP contribution is 2.36. The van der Waals surface area contributed by atoms with E-state index in [1.807, 2.05) is 60.9 Å². The Morgan fingerprint density at radius 2 is 1.92 bits per heavy atom. The summed E-state index contributed by atoms with van der Waals surface area (Å²) in [5.74, 6) is 0.0225. The van der Waals surface area contributed by atoms with Crippen LogP contribution in [0.25, 0.3) is 10.9 Å². The Balaban J connectivity index is 1.75. The average Bonchev–Trinajstić information content (AvgIpc) is 2.63. The highest BCUT2D eigenvalue weighted by molar-refractivity contribution is 8.76. The minimum Gasteiger partial charge on any atom is -0.325 e. The van der Waals surface area contributed by atoms with Gasteiger partial charge >= 0.3 is 0 Å². The van der Waals surface area contributed by atoms with Gasteiger partial charge in [0.1, 0.15) is 0 Å². The van der Waals surface area contributed by atoms with Crippen LogP contribution in [-0.2, 0) is 11.2 Å². The summed E-state index contributed by atoms with van der Waals surface area (Å²) < 4.78 is 0. The molecule has 24 heavy (non-hydrogen) atoms. The molecule has 3 rings (SSSR count). The van der Waals surface area contributed by atoms with Gasteiger partial charge in [-0.25, -0.2) is 0 Å². The molecular formula is C19H18N2OS2. The number of fused-ring (bicyclic) bond motifs is 1. The van der Waals surface area contributed by atoms with Crippen molar-refractivity contribution in [2.75, 3.05) is 11.6 Å². The summed E-state index contributed by atoms with van der Waals surface area (Å²) in [5.41, 5.74) is 2.92. The van der Waals surface area contributed by atoms with Crippen molar-refractivity contribution >= 4 is 44.1 Å². The van der Waals surface area contributed by atoms with Gasteiger partial charge in [0.15, 0.2) is 0 Å². The number of carbonyl (C=O) groups excluding carboxylic acids is 1. The predicted molar refractivity (Wildman–Crippen MR) is 105 cm³/mol. The number of rotatable bonds is 6. The van der Waals surface area contributed by atoms with Crippen LogP contribution in [0.15, 0.2) is 65.7 Å². The fraction of sp³-hybridized carbons (Fsp3) is 0.158. The molecule has 0 bridgehead atoms. The average molecular weight is 355 g/mol. The Labute approximate surface area is 149 Å². The van der Waals surface area contributed by atoms with Crippen molar-refractivity contribution in [1.82, 2.24) is 4.98 Å². The van der Waals surface area contributed by atoms with Crippen LogP contribution in [0.4, 0.5) is 5.69 Å². The SMILES string of the molecule is CSSc1ccc(NC(=O)CCc2ccccc2)c2cccnc12. The summed E-state index contributed by atoms with van der Waals surface area (Å²) in [6.45, 7) is 0. The number of aryl methyl sites for hydroxylation is 1. The summed E-state index contributed by atoms with van der Waals surface area (Å²) in [6.07, 6.45) is 5.03. The zero-order valence-electron chi connectivity index (χ0n) is 13.4. The molecule has 2 aromatic carbocycles. The van der Waals surface area contributed by atoms with Crippen molar-refractivity contribution in [3.8, 4) is 0 Å². The summed E-state index contributed by atoms with van der Waals surface area (Å²) in [6, 6.07) is 17.9. The Morgan fingerprint density at radius 1 is 1.08 bits per heavy atom. The molecule has 0 aliphatic carbocycles. The number of amides is 1. The molecule has 122 valence electrons. The molecule has 0 fully saturated rings. The molecular weight excluding hydrogens is 336 g/mol. The quantitative estimate of drug-likeness (QED) is 0.620. The molecule has 0 aliphatic heterocycles. The van der Waals surface area contributed by atoms with E-state index in [-0.39, 0.29) is 5.91 Å². The van der Waals surface area contributed by atoms with Crippen molar-refractivity contribution in [2.45, 2.75) is 17.7 Å². The number of benzene rings is 2. The Hall–Kier alpha value is -1.98. The lowest BCUT2D eigenvalue weighted by Gasteiger charge is -2.11. The zero-order chi connectivity index (χ0) is 16.8. The molecule has 0 atom stereocenters. The summed E-state index contributed by atoms with van der Waals surface area (Å²) in [4.78, 5) is 17.9. The van der Waals surface area contributed by atoms with E-state index in [1.54, 1.807) is 27.8 Å². The first kappa shape index (κ1) is 16.9. The second-order valence-corrected chi connectivity index (χ2v) is 7.73. The molecule has 3 nitrogen and oxygen atoms in total. The van der Waals surface area contributed by atoms with Gasteiger partial charge in [-0.1, -0.05) is 51.9 Å². The lowest BCUT2D eigenvalue weighted by Crippen LogP contribution is -2.12. The van der Waals surface area contributed by atoms with Crippen LogP contribution in [0, 0.1) is 0 Å². The molecule has 0 aliphatic rings. The van der Waals surface area contributed by atoms with E-state index in [2.05, 4.69) is 10.3 Å². The number of nitrogens with zero attached hydrogens (tertiary/aromatic N) is 1. The maximum absolute atomic E-state index is 12.3. The van der Waals surface area contributed by atoms with Gasteiger partial charge in [0.05, 0.1) is 11.2 Å². The number of anilines is 1. The second-order valence-electron chi connectivity index (χ2n) is 5.29. The van der Waals surface area contributed by atoms with Crippen molar-refractivity contribution in [3.63, 3.8) is 0 Å². The third kappa shape index (κ3) is 4.10. The Kier molecular flexibility index (Phi) is 5.77. The standard InChI is InChI=1S/C19H18N2OS2/c1-23-24-17-11-10-16(15-8-5-13-20-19(15)17)21-18(22)12-9-14-6-3-2-4-7-14/h2-8,10-11,13H,9,12H2,1H3,(H,21,22). The molecule has 1 N–H and O–H groups in total. The zero-order valence-corrected chi connectivity index (χ0v) is 15.0. The predicted octanol–water partition coefficient (Wildman–Crippen LogP) is 5.18. The maximum atomic E-state index is 12.3. The van der Waals surface area contributed by atoms with Crippen LogP contribution in [0.1, 0.15) is 12.0 Å². The normalized spacial score (nSPS) is 10.7. The number of nitrogens with one attached hydrogen (secondary N) is 1. The van der Waals surface area contributed by atoms with Crippen LogP contribution < -0.4 is 5.32 Å². The van der Waals surface area contributed by atoms with Crippen LogP contribution in [0.3, 0.4) is 0 Å². The lowest BCUT2D eigenvalue weighted by molar-refractivity contribution is -0.116. The molecule has 0 saturated heterocycles. The molecule has 5 heteroatoms. The van der Waals surface area contributed by atoms with E-state index < -0.39 is 0 Å². The van der Waals surface area contributed by atoms with E-state index in [9.17, 15) is 4.79 Å².